The lowest BCUT2D eigenvalue weighted by molar-refractivity contribution is -0.111. The molecule has 3 N–H and O–H groups in total. The first kappa shape index (κ1) is 14.8. The molecule has 6 heteroatoms. The van der Waals surface area contributed by atoms with Gasteiger partial charge in [0.15, 0.2) is 0 Å². The smallest absolute Gasteiger partial charge is 0.248 e. The highest BCUT2D eigenvalue weighted by Crippen LogP contribution is 2.08. The topological polar surface area (TPSA) is 82.2 Å². The van der Waals surface area contributed by atoms with Crippen LogP contribution in [0.3, 0.4) is 0 Å². The lowest BCUT2D eigenvalue weighted by Gasteiger charge is -1.99. The van der Waals surface area contributed by atoms with E-state index in [2.05, 4.69) is 10.4 Å². The van der Waals surface area contributed by atoms with Gasteiger partial charge in [-0.1, -0.05) is 12.1 Å². The Morgan fingerprint density at radius 3 is 2.90 bits per heavy atom. The highest BCUT2D eigenvalue weighted by Gasteiger charge is 2.01. The van der Waals surface area contributed by atoms with Crippen molar-refractivity contribution >= 4 is 23.4 Å². The Hall–Kier alpha value is -2.60. The zero-order valence-electron chi connectivity index (χ0n) is 11.8. The van der Waals surface area contributed by atoms with Crippen LogP contribution in [0.25, 0.3) is 6.08 Å². The molecule has 21 heavy (non-hydrogen) atoms. The van der Waals surface area contributed by atoms with Crippen LogP contribution in [0.1, 0.15) is 5.56 Å². The summed E-state index contributed by atoms with van der Waals surface area (Å²) in [6, 6.07) is 7.28. The molecule has 2 aromatic rings. The predicted molar refractivity (Wildman–Crippen MR) is 82.6 cm³/mol. The number of hydrogen-bond donors (Lipinski definition) is 2. The van der Waals surface area contributed by atoms with Crippen LogP contribution in [0.4, 0.5) is 11.4 Å². The number of carbonyl (C=O) groups excluding carboxylic acids is 1. The van der Waals surface area contributed by atoms with Gasteiger partial charge < -0.3 is 15.8 Å². The fourth-order valence-electron chi connectivity index (χ4n) is 1.70. The van der Waals surface area contributed by atoms with Crippen LogP contribution < -0.4 is 11.1 Å². The number of aromatic nitrogens is 2. The molecule has 0 aliphatic carbocycles. The number of benzene rings is 1. The molecule has 0 bridgehead atoms. The normalized spacial score (nSPS) is 10.9. The first-order valence-electron chi connectivity index (χ1n) is 6.53. The molecule has 0 unspecified atom stereocenters. The molecular formula is C15H18N4O2. The zero-order valence-corrected chi connectivity index (χ0v) is 11.8. The molecule has 0 spiro atoms. The average molecular weight is 286 g/mol. The summed E-state index contributed by atoms with van der Waals surface area (Å²) in [6.07, 6.45) is 6.56. The number of nitrogens with zero attached hydrogens (tertiary/aromatic N) is 2. The summed E-state index contributed by atoms with van der Waals surface area (Å²) < 4.78 is 6.67. The molecule has 1 amide bonds. The fourth-order valence-corrected chi connectivity index (χ4v) is 1.70. The summed E-state index contributed by atoms with van der Waals surface area (Å²) in [4.78, 5) is 11.8. The van der Waals surface area contributed by atoms with E-state index in [1.54, 1.807) is 42.4 Å². The number of nitrogens with two attached hydrogens (primary N) is 1. The molecule has 6 nitrogen and oxygen atoms in total. The third-order valence-electron chi connectivity index (χ3n) is 2.79. The number of hydrogen-bond acceptors (Lipinski definition) is 4. The number of ether oxygens (including phenoxy) is 1. The molecule has 0 atom stereocenters. The van der Waals surface area contributed by atoms with E-state index in [4.69, 9.17) is 10.5 Å². The van der Waals surface area contributed by atoms with Gasteiger partial charge in [-0.2, -0.15) is 5.10 Å². The quantitative estimate of drug-likeness (QED) is 0.626. The fraction of sp³-hybridized carbons (Fsp3) is 0.200. The third-order valence-corrected chi connectivity index (χ3v) is 2.79. The number of rotatable bonds is 6. The highest BCUT2D eigenvalue weighted by atomic mass is 16.5. The van der Waals surface area contributed by atoms with Crippen molar-refractivity contribution in [2.45, 2.75) is 6.54 Å². The molecule has 1 aromatic heterocycles. The summed E-state index contributed by atoms with van der Waals surface area (Å²) in [5.74, 6) is -0.210. The van der Waals surface area contributed by atoms with Crippen LogP contribution in [0, 0.1) is 0 Å². The number of methoxy groups -OCH3 is 1. The minimum Gasteiger partial charge on any atom is -0.399 e. The van der Waals surface area contributed by atoms with E-state index < -0.39 is 0 Å². The van der Waals surface area contributed by atoms with Crippen LogP contribution in [-0.4, -0.2) is 29.4 Å². The molecule has 0 aliphatic rings. The SMILES string of the molecule is COCCn1cc(NC(=O)/C=C/c2ccc(N)cc2)cn1. The Balaban J connectivity index is 1.89. The average Bonchev–Trinajstić information content (AvgIpc) is 2.92. The summed E-state index contributed by atoms with van der Waals surface area (Å²) in [6.45, 7) is 1.22. The maximum Gasteiger partial charge on any atom is 0.248 e. The second-order valence-corrected chi connectivity index (χ2v) is 4.47. The van der Waals surface area contributed by atoms with Crippen LogP contribution in [0.15, 0.2) is 42.7 Å². The maximum absolute atomic E-state index is 11.8. The predicted octanol–water partition coefficient (Wildman–Crippen LogP) is 1.76. The van der Waals surface area contributed by atoms with Gasteiger partial charge in [-0.05, 0) is 23.8 Å². The Kier molecular flexibility index (Phi) is 5.11. The van der Waals surface area contributed by atoms with Gasteiger partial charge in [0.05, 0.1) is 25.0 Å². The van der Waals surface area contributed by atoms with Crippen molar-refractivity contribution < 1.29 is 9.53 Å². The molecule has 0 radical (unpaired) electrons. The van der Waals surface area contributed by atoms with Crippen molar-refractivity contribution in [3.8, 4) is 0 Å². The van der Waals surface area contributed by atoms with Crippen LogP contribution >= 0.6 is 0 Å². The minimum atomic E-state index is -0.210. The largest absolute Gasteiger partial charge is 0.399 e. The lowest BCUT2D eigenvalue weighted by Crippen LogP contribution is -2.07. The number of nitrogen functional groups attached to an aromatic ring is 1. The molecule has 1 aromatic carbocycles. The Morgan fingerprint density at radius 2 is 2.19 bits per heavy atom. The number of carbonyl (C=O) groups is 1. The monoisotopic (exact) mass is 286 g/mol. The Bertz CT molecular complexity index is 617. The maximum atomic E-state index is 11.8. The lowest BCUT2D eigenvalue weighted by atomic mass is 10.2. The van der Waals surface area contributed by atoms with Crippen molar-refractivity contribution in [2.24, 2.45) is 0 Å². The molecule has 1 heterocycles. The first-order chi connectivity index (χ1) is 10.2. The molecule has 0 saturated carbocycles. The molecule has 0 aliphatic heterocycles. The molecule has 2 rings (SSSR count). The number of anilines is 2. The van der Waals surface area contributed by atoms with Gasteiger partial charge in [0, 0.05) is 25.1 Å². The Labute approximate surface area is 123 Å². The molecule has 110 valence electrons. The summed E-state index contributed by atoms with van der Waals surface area (Å²) in [5.41, 5.74) is 7.86. The van der Waals surface area contributed by atoms with E-state index in [1.165, 1.54) is 6.08 Å². The van der Waals surface area contributed by atoms with E-state index in [0.29, 0.717) is 24.5 Å². The van der Waals surface area contributed by atoms with Crippen molar-refractivity contribution in [2.75, 3.05) is 24.8 Å². The molecular weight excluding hydrogens is 268 g/mol. The van der Waals surface area contributed by atoms with Gasteiger partial charge >= 0.3 is 0 Å². The van der Waals surface area contributed by atoms with Gasteiger partial charge in [-0.15, -0.1) is 0 Å². The minimum absolute atomic E-state index is 0.210. The summed E-state index contributed by atoms with van der Waals surface area (Å²) in [5, 5.41) is 6.86. The van der Waals surface area contributed by atoms with Crippen LogP contribution in [0.5, 0.6) is 0 Å². The molecule has 0 saturated heterocycles. The highest BCUT2D eigenvalue weighted by molar-refractivity contribution is 6.01. The van der Waals surface area contributed by atoms with E-state index in [-0.39, 0.29) is 5.91 Å². The summed E-state index contributed by atoms with van der Waals surface area (Å²) >= 11 is 0. The van der Waals surface area contributed by atoms with Crippen molar-refractivity contribution in [3.63, 3.8) is 0 Å². The van der Waals surface area contributed by atoms with E-state index in [0.717, 1.165) is 5.56 Å². The van der Waals surface area contributed by atoms with Crippen LogP contribution in [0.2, 0.25) is 0 Å². The van der Waals surface area contributed by atoms with Gasteiger partial charge in [-0.25, -0.2) is 0 Å². The van der Waals surface area contributed by atoms with E-state index in [1.807, 2.05) is 12.1 Å². The van der Waals surface area contributed by atoms with E-state index >= 15 is 0 Å². The van der Waals surface area contributed by atoms with E-state index in [9.17, 15) is 4.79 Å². The first-order valence-corrected chi connectivity index (χ1v) is 6.53. The van der Waals surface area contributed by atoms with Gasteiger partial charge in [0.1, 0.15) is 0 Å². The summed E-state index contributed by atoms with van der Waals surface area (Å²) in [7, 11) is 1.63. The standard InChI is InChI=1S/C15H18N4O2/c1-21-9-8-19-11-14(10-17-19)18-15(20)7-4-12-2-5-13(16)6-3-12/h2-7,10-11H,8-9,16H2,1H3,(H,18,20)/b7-4+. The second-order valence-electron chi connectivity index (χ2n) is 4.47. The van der Waals surface area contributed by atoms with Gasteiger partial charge in [0.25, 0.3) is 0 Å². The van der Waals surface area contributed by atoms with Crippen molar-refractivity contribution in [1.29, 1.82) is 0 Å². The van der Waals surface area contributed by atoms with Crippen LogP contribution in [-0.2, 0) is 16.1 Å². The second kappa shape index (κ2) is 7.25. The third kappa shape index (κ3) is 4.77. The van der Waals surface area contributed by atoms with Gasteiger partial charge in [0.2, 0.25) is 5.91 Å². The van der Waals surface area contributed by atoms with Crippen molar-refractivity contribution in [3.05, 3.63) is 48.3 Å². The number of amides is 1. The Morgan fingerprint density at radius 1 is 1.43 bits per heavy atom. The zero-order chi connectivity index (χ0) is 15.1. The van der Waals surface area contributed by atoms with Gasteiger partial charge in [-0.3, -0.25) is 9.48 Å². The molecule has 0 fully saturated rings. The van der Waals surface area contributed by atoms with Crippen molar-refractivity contribution in [1.82, 2.24) is 9.78 Å². The number of nitrogens with one attached hydrogen (secondary N) is 1.